The summed E-state index contributed by atoms with van der Waals surface area (Å²) in [6, 6.07) is 10.6. The zero-order valence-corrected chi connectivity index (χ0v) is 16.2. The maximum absolute atomic E-state index is 11.3. The molecule has 136 valence electrons. The molecular weight excluding hydrogens is 312 g/mol. The average molecular weight is 342 g/mol. The zero-order chi connectivity index (χ0) is 18.8. The highest BCUT2D eigenvalue weighted by molar-refractivity contribution is 5.64. The smallest absolute Gasteiger partial charge is 0.404 e. The van der Waals surface area contributed by atoms with Gasteiger partial charge < -0.3 is 15.0 Å². The Morgan fingerprint density at radius 2 is 1.72 bits per heavy atom. The molecule has 0 saturated heterocycles. The second-order valence-corrected chi connectivity index (χ2v) is 8.04. The van der Waals surface area contributed by atoms with Crippen LogP contribution in [0.3, 0.4) is 0 Å². The summed E-state index contributed by atoms with van der Waals surface area (Å²) in [5.74, 6) is 0. The lowest BCUT2D eigenvalue weighted by molar-refractivity contribution is 0.0792. The number of hydrogen-bond donors (Lipinski definition) is 1. The van der Waals surface area contributed by atoms with Gasteiger partial charge in [-0.2, -0.15) is 0 Å². The Morgan fingerprint density at radius 1 is 1.12 bits per heavy atom. The normalized spacial score (nSPS) is 12.9. The van der Waals surface area contributed by atoms with Gasteiger partial charge in [0.25, 0.3) is 0 Å². The molecule has 1 aromatic carbocycles. The molecule has 0 aliphatic carbocycles. The van der Waals surface area contributed by atoms with Crippen LogP contribution in [0.5, 0.6) is 0 Å². The molecule has 1 heterocycles. The minimum absolute atomic E-state index is 0.0548. The van der Waals surface area contributed by atoms with Crippen LogP contribution in [-0.4, -0.2) is 16.8 Å². The fraction of sp³-hybridized carbons (Fsp3) is 0.476. The minimum Gasteiger partial charge on any atom is -0.446 e. The lowest BCUT2D eigenvalue weighted by Gasteiger charge is -2.26. The molecule has 0 spiro atoms. The van der Waals surface area contributed by atoms with Crippen LogP contribution in [0, 0.1) is 26.2 Å². The molecule has 2 rings (SSSR count). The van der Waals surface area contributed by atoms with Crippen molar-refractivity contribution < 1.29 is 9.53 Å². The molecule has 2 N–H and O–H groups in total. The first-order chi connectivity index (χ1) is 11.6. The molecule has 0 aliphatic heterocycles. The Hall–Kier alpha value is -2.23. The summed E-state index contributed by atoms with van der Waals surface area (Å²) < 4.78 is 7.65. The Balaban J connectivity index is 2.36. The summed E-state index contributed by atoms with van der Waals surface area (Å²) >= 11 is 0. The first kappa shape index (κ1) is 19.1. The number of nitrogens with two attached hydrogens (primary N) is 1. The van der Waals surface area contributed by atoms with Gasteiger partial charge in [-0.15, -0.1) is 0 Å². The van der Waals surface area contributed by atoms with Crippen LogP contribution in [0.2, 0.25) is 0 Å². The van der Waals surface area contributed by atoms with Crippen molar-refractivity contribution in [2.45, 2.75) is 60.5 Å². The van der Waals surface area contributed by atoms with Gasteiger partial charge in [0.05, 0.1) is 0 Å². The quantitative estimate of drug-likeness (QED) is 0.845. The number of nitrogens with zero attached hydrogens (tertiary/aromatic N) is 1. The molecule has 0 radical (unpaired) electrons. The number of carbonyl (C=O) groups excluding carboxylic acids is 1. The van der Waals surface area contributed by atoms with Gasteiger partial charge in [0, 0.05) is 23.5 Å². The highest BCUT2D eigenvalue weighted by atomic mass is 16.6. The summed E-state index contributed by atoms with van der Waals surface area (Å²) in [5, 5.41) is 0. The first-order valence-electron chi connectivity index (χ1n) is 8.78. The van der Waals surface area contributed by atoms with E-state index in [4.69, 9.17) is 10.5 Å². The summed E-state index contributed by atoms with van der Waals surface area (Å²) in [7, 11) is 0. The predicted octanol–water partition coefficient (Wildman–Crippen LogP) is 4.85. The van der Waals surface area contributed by atoms with Gasteiger partial charge >= 0.3 is 6.09 Å². The third-order valence-corrected chi connectivity index (χ3v) is 4.50. The maximum atomic E-state index is 11.3. The van der Waals surface area contributed by atoms with Crippen molar-refractivity contribution in [2.75, 3.05) is 0 Å². The third kappa shape index (κ3) is 4.88. The zero-order valence-electron chi connectivity index (χ0n) is 16.2. The molecule has 4 nitrogen and oxygen atoms in total. The van der Waals surface area contributed by atoms with E-state index in [-0.39, 0.29) is 11.5 Å². The fourth-order valence-corrected chi connectivity index (χ4v) is 3.43. The van der Waals surface area contributed by atoms with Crippen LogP contribution in [-0.2, 0) is 11.2 Å². The van der Waals surface area contributed by atoms with E-state index in [1.165, 1.54) is 28.2 Å². The van der Waals surface area contributed by atoms with Crippen molar-refractivity contribution in [3.63, 3.8) is 0 Å². The van der Waals surface area contributed by atoms with Gasteiger partial charge in [0.1, 0.15) is 6.10 Å². The number of aryl methyl sites for hydroxylation is 2. The monoisotopic (exact) mass is 342 g/mol. The second kappa shape index (κ2) is 7.34. The molecule has 0 fully saturated rings. The standard InChI is InChI=1S/C21H30N2O2/c1-14-10-11-15(2)23(14)19-9-7-8-17(16(19)3)12-18(25-20(22)24)13-21(4,5)6/h7-11,18H,12-13H2,1-6H3,(H2,22,24)/t18-/m0/s1. The Bertz CT molecular complexity index is 734. The number of hydrogen-bond acceptors (Lipinski definition) is 2. The Kier molecular flexibility index (Phi) is 5.61. The van der Waals surface area contributed by atoms with E-state index >= 15 is 0 Å². The highest BCUT2D eigenvalue weighted by Gasteiger charge is 2.23. The number of aromatic nitrogens is 1. The van der Waals surface area contributed by atoms with E-state index in [1.54, 1.807) is 0 Å². The van der Waals surface area contributed by atoms with Crippen LogP contribution in [0.1, 0.15) is 49.7 Å². The predicted molar refractivity (Wildman–Crippen MR) is 102 cm³/mol. The van der Waals surface area contributed by atoms with Crippen LogP contribution >= 0.6 is 0 Å². The van der Waals surface area contributed by atoms with Gasteiger partial charge in [-0.05, 0) is 61.9 Å². The Labute approximate surface area is 151 Å². The van der Waals surface area contributed by atoms with Gasteiger partial charge in [0.2, 0.25) is 0 Å². The molecule has 0 unspecified atom stereocenters. The van der Waals surface area contributed by atoms with Crippen molar-refractivity contribution in [1.82, 2.24) is 4.57 Å². The lowest BCUT2D eigenvalue weighted by Crippen LogP contribution is -2.29. The van der Waals surface area contributed by atoms with E-state index in [0.717, 1.165) is 6.42 Å². The van der Waals surface area contributed by atoms with Gasteiger partial charge in [0.15, 0.2) is 0 Å². The average Bonchev–Trinajstić information content (AvgIpc) is 2.78. The van der Waals surface area contributed by atoms with E-state index < -0.39 is 6.09 Å². The minimum atomic E-state index is -0.708. The van der Waals surface area contributed by atoms with Gasteiger partial charge in [-0.25, -0.2) is 4.79 Å². The lowest BCUT2D eigenvalue weighted by atomic mass is 9.86. The van der Waals surface area contributed by atoms with Crippen molar-refractivity contribution in [3.8, 4) is 5.69 Å². The topological polar surface area (TPSA) is 57.2 Å². The van der Waals surface area contributed by atoms with E-state index in [9.17, 15) is 4.79 Å². The van der Waals surface area contributed by atoms with Gasteiger partial charge in [-0.3, -0.25) is 0 Å². The summed E-state index contributed by atoms with van der Waals surface area (Å²) in [4.78, 5) is 11.3. The third-order valence-electron chi connectivity index (χ3n) is 4.50. The largest absolute Gasteiger partial charge is 0.446 e. The van der Waals surface area contributed by atoms with Crippen molar-refractivity contribution in [2.24, 2.45) is 11.1 Å². The van der Waals surface area contributed by atoms with Crippen molar-refractivity contribution in [1.29, 1.82) is 0 Å². The number of primary amides is 1. The molecule has 0 saturated carbocycles. The molecule has 25 heavy (non-hydrogen) atoms. The summed E-state index contributed by atoms with van der Waals surface area (Å²) in [6.45, 7) is 12.8. The Morgan fingerprint density at radius 3 is 2.24 bits per heavy atom. The number of ether oxygens (including phenoxy) is 1. The molecule has 2 aromatic rings. The molecule has 1 atom stereocenters. The van der Waals surface area contributed by atoms with Crippen LogP contribution in [0.25, 0.3) is 5.69 Å². The fourth-order valence-electron chi connectivity index (χ4n) is 3.43. The molecular formula is C21H30N2O2. The molecule has 0 aliphatic rings. The van der Waals surface area contributed by atoms with E-state index in [2.05, 4.69) is 76.4 Å². The summed E-state index contributed by atoms with van der Waals surface area (Å²) in [6.07, 6.45) is 0.499. The van der Waals surface area contributed by atoms with Crippen LogP contribution in [0.15, 0.2) is 30.3 Å². The number of carbonyl (C=O) groups is 1. The van der Waals surface area contributed by atoms with Crippen LogP contribution in [0.4, 0.5) is 4.79 Å². The number of benzene rings is 1. The van der Waals surface area contributed by atoms with Crippen LogP contribution < -0.4 is 5.73 Å². The summed E-state index contributed by atoms with van der Waals surface area (Å²) in [5.41, 5.74) is 11.3. The second-order valence-electron chi connectivity index (χ2n) is 8.04. The maximum Gasteiger partial charge on any atom is 0.404 e. The number of amides is 1. The molecule has 0 bridgehead atoms. The van der Waals surface area contributed by atoms with Crippen molar-refractivity contribution >= 4 is 6.09 Å². The molecule has 4 heteroatoms. The molecule has 1 aromatic heterocycles. The first-order valence-corrected chi connectivity index (χ1v) is 8.78. The number of rotatable bonds is 5. The van der Waals surface area contributed by atoms with Crippen molar-refractivity contribution in [3.05, 3.63) is 52.8 Å². The van der Waals surface area contributed by atoms with E-state index in [0.29, 0.717) is 6.42 Å². The van der Waals surface area contributed by atoms with Gasteiger partial charge in [-0.1, -0.05) is 32.9 Å². The SMILES string of the molecule is Cc1c(C[C@@H](CC(C)(C)C)OC(N)=O)cccc1-n1c(C)ccc1C. The highest BCUT2D eigenvalue weighted by Crippen LogP contribution is 2.28. The molecule has 1 amide bonds. The van der Waals surface area contributed by atoms with E-state index in [1.807, 2.05) is 0 Å².